The number of carbonyl (C=O) groups is 2. The van der Waals surface area contributed by atoms with Gasteiger partial charge in [0, 0.05) is 16.2 Å². The van der Waals surface area contributed by atoms with Gasteiger partial charge in [-0.15, -0.1) is 0 Å². The summed E-state index contributed by atoms with van der Waals surface area (Å²) in [5.41, 5.74) is 1.25. The second-order valence-electron chi connectivity index (χ2n) is 10.1. The highest BCUT2D eigenvalue weighted by Gasteiger charge is 2.34. The van der Waals surface area contributed by atoms with Gasteiger partial charge in [-0.2, -0.15) is 0 Å². The quantitative estimate of drug-likeness (QED) is 0.263. The van der Waals surface area contributed by atoms with Gasteiger partial charge in [-0.05, 0) is 83.8 Å². The molecule has 1 atom stereocenters. The number of benzene rings is 3. The highest BCUT2D eigenvalue weighted by molar-refractivity contribution is 14.1. The lowest BCUT2D eigenvalue weighted by Crippen LogP contribution is -2.54. The molecule has 3 aromatic rings. The van der Waals surface area contributed by atoms with E-state index in [1.54, 1.807) is 30.3 Å². The first-order chi connectivity index (χ1) is 19.3. The van der Waals surface area contributed by atoms with Crippen LogP contribution in [0.4, 0.5) is 5.69 Å². The Balaban J connectivity index is 1.67. The molecule has 1 N–H and O–H groups in total. The molecule has 0 aromatic heterocycles. The van der Waals surface area contributed by atoms with Crippen molar-refractivity contribution < 1.29 is 18.0 Å². The van der Waals surface area contributed by atoms with E-state index in [-0.39, 0.29) is 23.4 Å². The zero-order valence-corrected chi connectivity index (χ0v) is 25.7. The summed E-state index contributed by atoms with van der Waals surface area (Å²) in [5, 5.41) is 3.17. The summed E-state index contributed by atoms with van der Waals surface area (Å²) in [5.74, 6) is -0.627. The number of anilines is 1. The van der Waals surface area contributed by atoms with Gasteiger partial charge in [0.2, 0.25) is 11.8 Å². The molecule has 212 valence electrons. The van der Waals surface area contributed by atoms with E-state index in [1.165, 1.54) is 23.5 Å². The second-order valence-corrected chi connectivity index (χ2v) is 13.2. The van der Waals surface area contributed by atoms with Crippen molar-refractivity contribution in [3.05, 3.63) is 94.1 Å². The number of nitrogens with one attached hydrogen (secondary N) is 1. The van der Waals surface area contributed by atoms with Crippen molar-refractivity contribution in [1.29, 1.82) is 0 Å². The van der Waals surface area contributed by atoms with E-state index in [9.17, 15) is 18.0 Å². The van der Waals surface area contributed by atoms with Gasteiger partial charge >= 0.3 is 0 Å². The van der Waals surface area contributed by atoms with Crippen LogP contribution in [-0.2, 0) is 26.2 Å². The van der Waals surface area contributed by atoms with Crippen LogP contribution in [0.2, 0.25) is 0 Å². The molecule has 0 radical (unpaired) electrons. The van der Waals surface area contributed by atoms with E-state index >= 15 is 0 Å². The molecule has 7 nitrogen and oxygen atoms in total. The molecule has 0 heterocycles. The van der Waals surface area contributed by atoms with E-state index in [4.69, 9.17) is 0 Å². The summed E-state index contributed by atoms with van der Waals surface area (Å²) >= 11 is 2.16. The van der Waals surface area contributed by atoms with Crippen LogP contribution >= 0.6 is 22.6 Å². The van der Waals surface area contributed by atoms with E-state index in [0.717, 1.165) is 39.1 Å². The highest BCUT2D eigenvalue weighted by atomic mass is 127. The smallest absolute Gasteiger partial charge is 0.264 e. The fourth-order valence-corrected chi connectivity index (χ4v) is 6.89. The van der Waals surface area contributed by atoms with E-state index in [2.05, 4.69) is 27.9 Å². The minimum Gasteiger partial charge on any atom is -0.352 e. The van der Waals surface area contributed by atoms with E-state index < -0.39 is 28.5 Å². The number of carbonyl (C=O) groups excluding carboxylic acids is 2. The molecule has 1 aliphatic rings. The lowest BCUT2D eigenvalue weighted by atomic mass is 9.95. The second kappa shape index (κ2) is 14.1. The molecule has 0 bridgehead atoms. The minimum absolute atomic E-state index is 0.0954. The SMILES string of the molecule is CC[C@H](C(=O)NC1CCCCC1)N(Cc1ccccc1)C(=O)CN(c1ccc(I)cc1)S(=O)(=O)c1ccccc1. The molecule has 3 aromatic carbocycles. The number of sulfonamides is 1. The number of nitrogens with zero attached hydrogens (tertiary/aromatic N) is 2. The molecular weight excluding hydrogens is 637 g/mol. The first kappa shape index (κ1) is 30.0. The van der Waals surface area contributed by atoms with E-state index in [1.807, 2.05) is 49.4 Å². The fraction of sp³-hybridized carbons (Fsp3) is 0.355. The lowest BCUT2D eigenvalue weighted by molar-refractivity contribution is -0.140. The van der Waals surface area contributed by atoms with Gasteiger partial charge in [0.05, 0.1) is 10.6 Å². The normalized spacial score (nSPS) is 14.8. The third-order valence-electron chi connectivity index (χ3n) is 7.26. The first-order valence-corrected chi connectivity index (χ1v) is 16.3. The van der Waals surface area contributed by atoms with Crippen molar-refractivity contribution in [3.63, 3.8) is 0 Å². The summed E-state index contributed by atoms with van der Waals surface area (Å²) in [6.07, 6.45) is 5.61. The average Bonchev–Trinajstić information content (AvgIpc) is 2.97. The van der Waals surface area contributed by atoms with Gasteiger partial charge in [0.25, 0.3) is 10.0 Å². The van der Waals surface area contributed by atoms with Gasteiger partial charge in [-0.3, -0.25) is 13.9 Å². The molecule has 40 heavy (non-hydrogen) atoms. The van der Waals surface area contributed by atoms with Crippen molar-refractivity contribution in [1.82, 2.24) is 10.2 Å². The van der Waals surface area contributed by atoms with E-state index in [0.29, 0.717) is 12.1 Å². The average molecular weight is 674 g/mol. The third-order valence-corrected chi connectivity index (χ3v) is 9.77. The van der Waals surface area contributed by atoms with Gasteiger partial charge in [-0.25, -0.2) is 8.42 Å². The van der Waals surface area contributed by atoms with Crippen molar-refractivity contribution in [2.45, 2.75) is 69.0 Å². The molecule has 0 saturated heterocycles. The third kappa shape index (κ3) is 7.63. The van der Waals surface area contributed by atoms with Crippen LogP contribution in [0.15, 0.2) is 89.8 Å². The van der Waals surface area contributed by atoms with Gasteiger partial charge in [-0.1, -0.05) is 74.7 Å². The topological polar surface area (TPSA) is 86.8 Å². The van der Waals surface area contributed by atoms with Crippen LogP contribution in [0.5, 0.6) is 0 Å². The predicted octanol–water partition coefficient (Wildman–Crippen LogP) is 5.74. The Kier molecular flexibility index (Phi) is 10.6. The van der Waals surface area contributed by atoms with Crippen LogP contribution in [0.1, 0.15) is 51.0 Å². The zero-order chi connectivity index (χ0) is 28.5. The Morgan fingerprint density at radius 2 is 1.50 bits per heavy atom. The number of amides is 2. The van der Waals surface area contributed by atoms with Crippen molar-refractivity contribution in [3.8, 4) is 0 Å². The maximum Gasteiger partial charge on any atom is 0.264 e. The van der Waals surface area contributed by atoms with Crippen molar-refractivity contribution >= 4 is 50.1 Å². The fourth-order valence-electron chi connectivity index (χ4n) is 5.10. The summed E-state index contributed by atoms with van der Waals surface area (Å²) in [4.78, 5) is 29.3. The largest absolute Gasteiger partial charge is 0.352 e. The summed E-state index contributed by atoms with van der Waals surface area (Å²) in [7, 11) is -4.06. The number of hydrogen-bond acceptors (Lipinski definition) is 4. The Morgan fingerprint density at radius 3 is 2.10 bits per heavy atom. The highest BCUT2D eigenvalue weighted by Crippen LogP contribution is 2.26. The molecule has 2 amide bonds. The van der Waals surface area contributed by atoms with Crippen LogP contribution in [0, 0.1) is 3.57 Å². The molecule has 1 saturated carbocycles. The molecule has 0 aliphatic heterocycles. The summed E-state index contributed by atoms with van der Waals surface area (Å²) < 4.78 is 29.8. The molecule has 1 fully saturated rings. The van der Waals surface area contributed by atoms with Gasteiger partial charge in [0.1, 0.15) is 12.6 Å². The molecule has 9 heteroatoms. The maximum absolute atomic E-state index is 14.1. The predicted molar refractivity (Wildman–Crippen MR) is 166 cm³/mol. The molecule has 1 aliphatic carbocycles. The molecule has 4 rings (SSSR count). The number of halogens is 1. The van der Waals surface area contributed by atoms with Crippen LogP contribution in [0.25, 0.3) is 0 Å². The van der Waals surface area contributed by atoms with Crippen LogP contribution in [0.3, 0.4) is 0 Å². The number of rotatable bonds is 11. The molecular formula is C31H36IN3O4S. The maximum atomic E-state index is 14.1. The number of hydrogen-bond donors (Lipinski definition) is 1. The van der Waals surface area contributed by atoms with Crippen LogP contribution in [-0.4, -0.2) is 43.8 Å². The molecule has 0 spiro atoms. The van der Waals surface area contributed by atoms with Gasteiger partial charge < -0.3 is 10.2 Å². The van der Waals surface area contributed by atoms with Crippen molar-refractivity contribution in [2.75, 3.05) is 10.8 Å². The Bertz CT molecular complexity index is 1360. The minimum atomic E-state index is -4.06. The lowest BCUT2D eigenvalue weighted by Gasteiger charge is -2.34. The Hall–Kier alpha value is -2.92. The zero-order valence-electron chi connectivity index (χ0n) is 22.7. The summed E-state index contributed by atoms with van der Waals surface area (Å²) in [6.45, 7) is 1.65. The molecule has 0 unspecified atom stereocenters. The Labute approximate surface area is 251 Å². The Morgan fingerprint density at radius 1 is 0.900 bits per heavy atom. The summed E-state index contributed by atoms with van der Waals surface area (Å²) in [6, 6.07) is 24.0. The standard InChI is InChI=1S/C31H36IN3O4S/c1-2-29(31(37)33-26-14-8-4-9-15-26)34(22-24-12-6-3-7-13-24)30(36)23-35(27-20-18-25(32)19-21-27)40(38,39)28-16-10-5-11-17-28/h3,5-7,10-13,16-21,26,29H,2,4,8-9,14-15,22-23H2,1H3,(H,33,37)/t29-/m1/s1. The van der Waals surface area contributed by atoms with Crippen molar-refractivity contribution in [2.24, 2.45) is 0 Å². The first-order valence-electron chi connectivity index (χ1n) is 13.8. The monoisotopic (exact) mass is 673 g/mol. The van der Waals surface area contributed by atoms with Gasteiger partial charge in [0.15, 0.2) is 0 Å². The van der Waals surface area contributed by atoms with Crippen LogP contribution < -0.4 is 9.62 Å².